The molecule has 0 bridgehead atoms. The van der Waals surface area contributed by atoms with E-state index in [9.17, 15) is 19.7 Å². The van der Waals surface area contributed by atoms with Crippen LogP contribution in [0.3, 0.4) is 0 Å². The van der Waals surface area contributed by atoms with Gasteiger partial charge in [0, 0.05) is 31.3 Å². The van der Waals surface area contributed by atoms with Crippen LogP contribution in [0.15, 0.2) is 30.0 Å². The number of non-ortho nitro benzene ring substituents is 1. The van der Waals surface area contributed by atoms with Crippen LogP contribution in [0.1, 0.15) is 56.9 Å². The van der Waals surface area contributed by atoms with Crippen LogP contribution in [0, 0.1) is 10.1 Å². The van der Waals surface area contributed by atoms with E-state index in [2.05, 4.69) is 0 Å². The van der Waals surface area contributed by atoms with Crippen molar-refractivity contribution in [3.63, 3.8) is 0 Å². The van der Waals surface area contributed by atoms with E-state index in [4.69, 9.17) is 0 Å². The normalized spacial score (nSPS) is 21.6. The molecule has 2 aliphatic heterocycles. The highest BCUT2D eigenvalue weighted by atomic mass is 16.6. The summed E-state index contributed by atoms with van der Waals surface area (Å²) in [4.78, 5) is 40.8. The Morgan fingerprint density at radius 2 is 1.46 bits per heavy atom. The van der Waals surface area contributed by atoms with Gasteiger partial charge in [0.25, 0.3) is 17.5 Å². The molecule has 148 valence electrons. The molecular formula is C21H25N3O4. The second-order valence-corrected chi connectivity index (χ2v) is 7.85. The van der Waals surface area contributed by atoms with E-state index in [1.807, 2.05) is 4.90 Å². The Labute approximate surface area is 164 Å². The average molecular weight is 383 g/mol. The van der Waals surface area contributed by atoms with Crippen molar-refractivity contribution in [3.05, 3.63) is 45.6 Å². The molecule has 1 saturated carbocycles. The van der Waals surface area contributed by atoms with Crippen molar-refractivity contribution in [2.75, 3.05) is 13.1 Å². The van der Waals surface area contributed by atoms with Crippen LogP contribution in [-0.2, 0) is 9.59 Å². The van der Waals surface area contributed by atoms with Crippen molar-refractivity contribution in [2.24, 2.45) is 0 Å². The third-order valence-electron chi connectivity index (χ3n) is 6.07. The van der Waals surface area contributed by atoms with Gasteiger partial charge in [0.1, 0.15) is 5.70 Å². The minimum absolute atomic E-state index is 0.0236. The largest absolute Gasteiger partial charge is 0.366 e. The summed E-state index contributed by atoms with van der Waals surface area (Å²) in [6.07, 6.45) is 8.09. The van der Waals surface area contributed by atoms with Gasteiger partial charge in [0.05, 0.1) is 10.5 Å². The Morgan fingerprint density at radius 3 is 2.04 bits per heavy atom. The molecule has 1 aromatic rings. The quantitative estimate of drug-likeness (QED) is 0.344. The van der Waals surface area contributed by atoms with Crippen LogP contribution < -0.4 is 0 Å². The summed E-state index contributed by atoms with van der Waals surface area (Å²) < 4.78 is 0. The van der Waals surface area contributed by atoms with Crippen molar-refractivity contribution in [3.8, 4) is 0 Å². The van der Waals surface area contributed by atoms with Crippen molar-refractivity contribution in [1.29, 1.82) is 0 Å². The van der Waals surface area contributed by atoms with Crippen LogP contribution in [0.4, 0.5) is 5.69 Å². The standard InChI is InChI=1S/C21H25N3O4/c25-20-18(15-9-11-17(12-10-15)24(27)28)19(22-13-5-6-14-22)21(26)23(20)16-7-3-1-2-4-8-16/h9-12,16H,1-8,13-14H2. The van der Waals surface area contributed by atoms with Gasteiger partial charge in [-0.15, -0.1) is 0 Å². The number of hydrogen-bond donors (Lipinski definition) is 0. The number of imide groups is 1. The van der Waals surface area contributed by atoms with E-state index in [-0.39, 0.29) is 23.5 Å². The Kier molecular flexibility index (Phi) is 5.15. The van der Waals surface area contributed by atoms with Crippen LogP contribution in [0.2, 0.25) is 0 Å². The molecule has 0 radical (unpaired) electrons. The van der Waals surface area contributed by atoms with Crippen LogP contribution >= 0.6 is 0 Å². The first-order valence-corrected chi connectivity index (χ1v) is 10.2. The third-order valence-corrected chi connectivity index (χ3v) is 6.07. The molecule has 1 saturated heterocycles. The predicted octanol–water partition coefficient (Wildman–Crippen LogP) is 3.49. The molecule has 7 nitrogen and oxygen atoms in total. The second-order valence-electron chi connectivity index (χ2n) is 7.85. The zero-order valence-electron chi connectivity index (χ0n) is 15.9. The van der Waals surface area contributed by atoms with Gasteiger partial charge in [-0.1, -0.05) is 25.7 Å². The van der Waals surface area contributed by atoms with Crippen molar-refractivity contribution in [2.45, 2.75) is 57.4 Å². The first-order valence-electron chi connectivity index (χ1n) is 10.2. The molecule has 0 aromatic heterocycles. The summed E-state index contributed by atoms with van der Waals surface area (Å²) in [7, 11) is 0. The Balaban J connectivity index is 1.73. The highest BCUT2D eigenvalue weighted by molar-refractivity contribution is 6.35. The summed E-state index contributed by atoms with van der Waals surface area (Å²) in [5.41, 5.74) is 1.46. The average Bonchev–Trinajstić information content (AvgIpc) is 3.20. The zero-order valence-corrected chi connectivity index (χ0v) is 15.9. The van der Waals surface area contributed by atoms with Gasteiger partial charge in [0.15, 0.2) is 0 Å². The minimum atomic E-state index is -0.459. The van der Waals surface area contributed by atoms with Gasteiger partial charge in [0.2, 0.25) is 0 Å². The van der Waals surface area contributed by atoms with E-state index in [1.165, 1.54) is 17.0 Å². The Hall–Kier alpha value is -2.70. The van der Waals surface area contributed by atoms with Crippen molar-refractivity contribution in [1.82, 2.24) is 9.80 Å². The lowest BCUT2D eigenvalue weighted by Crippen LogP contribution is -2.42. The number of carbonyl (C=O) groups excluding carboxylic acids is 2. The van der Waals surface area contributed by atoms with Crippen molar-refractivity contribution >= 4 is 23.1 Å². The third kappa shape index (κ3) is 3.30. The second kappa shape index (κ2) is 7.73. The number of hydrogen-bond acceptors (Lipinski definition) is 5. The summed E-state index contributed by atoms with van der Waals surface area (Å²) in [5, 5.41) is 11.0. The van der Waals surface area contributed by atoms with E-state index < -0.39 is 4.92 Å². The molecule has 1 aromatic carbocycles. The summed E-state index contributed by atoms with van der Waals surface area (Å²) in [5.74, 6) is -0.431. The van der Waals surface area contributed by atoms with Gasteiger partial charge >= 0.3 is 0 Å². The number of carbonyl (C=O) groups is 2. The zero-order chi connectivity index (χ0) is 19.7. The SMILES string of the molecule is O=C1C(c2ccc([N+](=O)[O-])cc2)=C(N2CCCC2)C(=O)N1C1CCCCCC1. The maximum Gasteiger partial charge on any atom is 0.278 e. The molecule has 28 heavy (non-hydrogen) atoms. The molecule has 4 rings (SSSR count). The molecule has 3 aliphatic rings. The number of rotatable bonds is 4. The molecule has 2 heterocycles. The molecule has 0 unspecified atom stereocenters. The van der Waals surface area contributed by atoms with Gasteiger partial charge in [-0.05, 0) is 43.4 Å². The van der Waals surface area contributed by atoms with Gasteiger partial charge in [-0.2, -0.15) is 0 Å². The lowest BCUT2D eigenvalue weighted by molar-refractivity contribution is -0.384. The minimum Gasteiger partial charge on any atom is -0.366 e. The maximum absolute atomic E-state index is 13.4. The highest BCUT2D eigenvalue weighted by Gasteiger charge is 2.45. The molecular weight excluding hydrogens is 358 g/mol. The highest BCUT2D eigenvalue weighted by Crippen LogP contribution is 2.37. The number of benzene rings is 1. The first-order chi connectivity index (χ1) is 13.6. The van der Waals surface area contributed by atoms with Crippen LogP contribution in [0.5, 0.6) is 0 Å². The number of amides is 2. The van der Waals surface area contributed by atoms with Crippen molar-refractivity contribution < 1.29 is 14.5 Å². The molecule has 0 spiro atoms. The summed E-state index contributed by atoms with van der Waals surface area (Å²) in [6.45, 7) is 1.53. The van der Waals surface area contributed by atoms with Crippen LogP contribution in [-0.4, -0.2) is 45.7 Å². The molecule has 0 atom stereocenters. The molecule has 7 heteroatoms. The predicted molar refractivity (Wildman–Crippen MR) is 104 cm³/mol. The Morgan fingerprint density at radius 1 is 0.857 bits per heavy atom. The van der Waals surface area contributed by atoms with Gasteiger partial charge in [-0.3, -0.25) is 24.6 Å². The van der Waals surface area contributed by atoms with Gasteiger partial charge in [-0.25, -0.2) is 0 Å². The Bertz CT molecular complexity index is 817. The molecule has 2 amide bonds. The molecule has 2 fully saturated rings. The van der Waals surface area contributed by atoms with E-state index in [0.29, 0.717) is 16.8 Å². The smallest absolute Gasteiger partial charge is 0.278 e. The van der Waals surface area contributed by atoms with E-state index in [0.717, 1.165) is 64.5 Å². The van der Waals surface area contributed by atoms with E-state index in [1.54, 1.807) is 12.1 Å². The summed E-state index contributed by atoms with van der Waals surface area (Å²) >= 11 is 0. The number of nitro groups is 1. The lowest BCUT2D eigenvalue weighted by atomic mass is 10.0. The fraction of sp³-hybridized carbons (Fsp3) is 0.524. The number of likely N-dealkylation sites (tertiary alicyclic amines) is 1. The maximum atomic E-state index is 13.4. The lowest BCUT2D eigenvalue weighted by Gasteiger charge is -2.26. The fourth-order valence-corrected chi connectivity index (χ4v) is 4.63. The number of nitrogens with zero attached hydrogens (tertiary/aromatic N) is 3. The molecule has 0 N–H and O–H groups in total. The fourth-order valence-electron chi connectivity index (χ4n) is 4.63. The van der Waals surface area contributed by atoms with Crippen LogP contribution in [0.25, 0.3) is 5.57 Å². The number of nitro benzene ring substituents is 1. The monoisotopic (exact) mass is 383 g/mol. The molecule has 1 aliphatic carbocycles. The topological polar surface area (TPSA) is 83.8 Å². The first kappa shape index (κ1) is 18.7. The van der Waals surface area contributed by atoms with E-state index >= 15 is 0 Å². The summed E-state index contributed by atoms with van der Waals surface area (Å²) in [6, 6.07) is 5.93. The van der Waals surface area contributed by atoms with Gasteiger partial charge < -0.3 is 4.90 Å².